The van der Waals surface area contributed by atoms with Gasteiger partial charge in [0.15, 0.2) is 0 Å². The monoisotopic (exact) mass is 327 g/mol. The molecule has 126 valence electrons. The van der Waals surface area contributed by atoms with Crippen LogP contribution in [0.3, 0.4) is 0 Å². The zero-order valence-corrected chi connectivity index (χ0v) is 14.2. The second-order valence-electron chi connectivity index (χ2n) is 6.30. The zero-order chi connectivity index (χ0) is 17.7. The third-order valence-corrected chi connectivity index (χ3v) is 3.03. The van der Waals surface area contributed by atoms with Crippen LogP contribution in [0.25, 0.3) is 0 Å². The van der Waals surface area contributed by atoms with Gasteiger partial charge in [0.1, 0.15) is 17.1 Å². The molecule has 0 bridgehead atoms. The Morgan fingerprint density at radius 3 is 2.25 bits per heavy atom. The number of pyridine rings is 1. The summed E-state index contributed by atoms with van der Waals surface area (Å²) in [6.07, 6.45) is 0. The first-order valence-electron chi connectivity index (χ1n) is 7.53. The summed E-state index contributed by atoms with van der Waals surface area (Å²) in [5.41, 5.74) is 0.575. The number of aromatic nitrogens is 1. The molecule has 0 radical (unpaired) electrons. The Morgan fingerprint density at radius 1 is 1.00 bits per heavy atom. The molecule has 0 atom stereocenters. The lowest BCUT2D eigenvalue weighted by molar-refractivity contribution is 0.0914. The van der Waals surface area contributed by atoms with E-state index in [9.17, 15) is 9.59 Å². The van der Waals surface area contributed by atoms with E-state index in [0.717, 1.165) is 0 Å². The molecule has 2 rings (SSSR count). The van der Waals surface area contributed by atoms with Crippen LogP contribution in [0.1, 0.15) is 41.7 Å². The van der Waals surface area contributed by atoms with E-state index < -0.39 is 5.91 Å². The number of benzene rings is 1. The predicted octanol–water partition coefficient (Wildman–Crippen LogP) is 2.87. The van der Waals surface area contributed by atoms with Crippen LogP contribution in [-0.4, -0.2) is 29.4 Å². The summed E-state index contributed by atoms with van der Waals surface area (Å²) in [5.74, 6) is -0.0775. The molecule has 24 heavy (non-hydrogen) atoms. The molecule has 2 aromatic rings. The minimum absolute atomic E-state index is 0.166. The fraction of sp³-hybridized carbons (Fsp3) is 0.278. The maximum absolute atomic E-state index is 12.3. The highest BCUT2D eigenvalue weighted by atomic mass is 16.5. The molecule has 0 aliphatic heterocycles. The van der Waals surface area contributed by atoms with Gasteiger partial charge in [0.2, 0.25) is 0 Å². The van der Waals surface area contributed by atoms with Gasteiger partial charge in [-0.25, -0.2) is 4.98 Å². The molecule has 0 aliphatic rings. The highest BCUT2D eigenvalue weighted by Gasteiger charge is 2.17. The molecule has 1 heterocycles. The van der Waals surface area contributed by atoms with E-state index in [2.05, 4.69) is 15.6 Å². The Labute approximate surface area is 141 Å². The fourth-order valence-electron chi connectivity index (χ4n) is 1.99. The summed E-state index contributed by atoms with van der Waals surface area (Å²) in [6.45, 7) is 5.64. The first-order valence-corrected chi connectivity index (χ1v) is 7.53. The van der Waals surface area contributed by atoms with E-state index in [-0.39, 0.29) is 22.8 Å². The van der Waals surface area contributed by atoms with Gasteiger partial charge in [-0.1, -0.05) is 12.1 Å². The van der Waals surface area contributed by atoms with Gasteiger partial charge >= 0.3 is 0 Å². The Kier molecular flexibility index (Phi) is 5.18. The molecule has 6 nitrogen and oxygen atoms in total. The smallest absolute Gasteiger partial charge is 0.274 e. The summed E-state index contributed by atoms with van der Waals surface area (Å²) >= 11 is 0. The second-order valence-corrected chi connectivity index (χ2v) is 6.30. The predicted molar refractivity (Wildman–Crippen MR) is 92.4 cm³/mol. The van der Waals surface area contributed by atoms with Crippen molar-refractivity contribution >= 4 is 17.5 Å². The number of carbonyl (C=O) groups excluding carboxylic acids is 2. The maximum Gasteiger partial charge on any atom is 0.274 e. The first-order chi connectivity index (χ1) is 11.3. The molecule has 0 aliphatic carbocycles. The summed E-state index contributed by atoms with van der Waals surface area (Å²) in [7, 11) is 1.56. The van der Waals surface area contributed by atoms with E-state index in [1.54, 1.807) is 49.6 Å². The van der Waals surface area contributed by atoms with E-state index in [4.69, 9.17) is 4.74 Å². The van der Waals surface area contributed by atoms with Crippen molar-refractivity contribution in [1.82, 2.24) is 10.3 Å². The molecule has 0 saturated carbocycles. The number of methoxy groups -OCH3 is 1. The number of carbonyl (C=O) groups is 2. The van der Waals surface area contributed by atoms with Gasteiger partial charge in [-0.3, -0.25) is 9.59 Å². The lowest BCUT2D eigenvalue weighted by Gasteiger charge is -2.20. The third-order valence-electron chi connectivity index (χ3n) is 3.03. The number of rotatable bonds is 4. The minimum Gasteiger partial charge on any atom is -0.497 e. The van der Waals surface area contributed by atoms with Crippen molar-refractivity contribution in [2.75, 3.05) is 12.4 Å². The first kappa shape index (κ1) is 17.5. The maximum atomic E-state index is 12.3. The molecule has 2 amide bonds. The molecule has 2 N–H and O–H groups in total. The molecule has 1 aromatic carbocycles. The Hall–Kier alpha value is -2.89. The molecule has 0 unspecified atom stereocenters. The van der Waals surface area contributed by atoms with Crippen LogP contribution in [0, 0.1) is 0 Å². The van der Waals surface area contributed by atoms with Gasteiger partial charge in [-0.15, -0.1) is 0 Å². The largest absolute Gasteiger partial charge is 0.497 e. The van der Waals surface area contributed by atoms with Crippen LogP contribution >= 0.6 is 0 Å². The highest BCUT2D eigenvalue weighted by Crippen LogP contribution is 2.17. The summed E-state index contributed by atoms with van der Waals surface area (Å²) in [4.78, 5) is 28.6. The van der Waals surface area contributed by atoms with Crippen molar-refractivity contribution in [2.45, 2.75) is 26.3 Å². The number of amides is 2. The fourth-order valence-corrected chi connectivity index (χ4v) is 1.99. The van der Waals surface area contributed by atoms with Gasteiger partial charge in [0.25, 0.3) is 11.8 Å². The summed E-state index contributed by atoms with van der Waals surface area (Å²) < 4.78 is 5.12. The number of nitrogens with one attached hydrogen (secondary N) is 2. The standard InChI is InChI=1S/C18H21N3O3/c1-18(2,3)21-17(23)15-10-6-9-14(20-15)16(22)19-12-7-5-8-13(11-12)24-4/h5-11H,1-4H3,(H,19,22)(H,21,23). The third kappa shape index (κ3) is 4.81. The summed E-state index contributed by atoms with van der Waals surface area (Å²) in [6, 6.07) is 11.8. The lowest BCUT2D eigenvalue weighted by atomic mass is 10.1. The molecule has 6 heteroatoms. The van der Waals surface area contributed by atoms with E-state index in [1.807, 2.05) is 20.8 Å². The van der Waals surface area contributed by atoms with Crippen molar-refractivity contribution in [3.8, 4) is 5.75 Å². The SMILES string of the molecule is COc1cccc(NC(=O)c2cccc(C(=O)NC(C)(C)C)n2)c1. The second kappa shape index (κ2) is 7.12. The van der Waals surface area contributed by atoms with Crippen LogP contribution < -0.4 is 15.4 Å². The normalized spacial score (nSPS) is 10.8. The Morgan fingerprint density at radius 2 is 1.62 bits per heavy atom. The zero-order valence-electron chi connectivity index (χ0n) is 14.2. The van der Waals surface area contributed by atoms with Crippen LogP contribution in [0.15, 0.2) is 42.5 Å². The van der Waals surface area contributed by atoms with Gasteiger partial charge in [-0.05, 0) is 45.0 Å². The van der Waals surface area contributed by atoms with Gasteiger partial charge in [-0.2, -0.15) is 0 Å². The molecular weight excluding hydrogens is 306 g/mol. The van der Waals surface area contributed by atoms with Crippen molar-refractivity contribution in [3.05, 3.63) is 53.9 Å². The van der Waals surface area contributed by atoms with E-state index in [1.165, 1.54) is 0 Å². The van der Waals surface area contributed by atoms with Crippen molar-refractivity contribution < 1.29 is 14.3 Å². The van der Waals surface area contributed by atoms with Crippen molar-refractivity contribution in [1.29, 1.82) is 0 Å². The van der Waals surface area contributed by atoms with Crippen LogP contribution in [-0.2, 0) is 0 Å². The molecule has 1 aromatic heterocycles. The Balaban J connectivity index is 2.15. The average Bonchev–Trinajstić information content (AvgIpc) is 2.53. The average molecular weight is 327 g/mol. The quantitative estimate of drug-likeness (QED) is 0.905. The van der Waals surface area contributed by atoms with Crippen LogP contribution in [0.2, 0.25) is 0 Å². The molecule has 0 fully saturated rings. The van der Waals surface area contributed by atoms with Crippen molar-refractivity contribution in [3.63, 3.8) is 0 Å². The van der Waals surface area contributed by atoms with Gasteiger partial charge in [0, 0.05) is 17.3 Å². The number of anilines is 1. The van der Waals surface area contributed by atoms with Crippen LogP contribution in [0.4, 0.5) is 5.69 Å². The number of nitrogens with zero attached hydrogens (tertiary/aromatic N) is 1. The molecule has 0 spiro atoms. The minimum atomic E-state index is -0.395. The van der Waals surface area contributed by atoms with Crippen LogP contribution in [0.5, 0.6) is 5.75 Å². The summed E-state index contributed by atoms with van der Waals surface area (Å²) in [5, 5.41) is 5.55. The van der Waals surface area contributed by atoms with E-state index >= 15 is 0 Å². The number of hydrogen-bond donors (Lipinski definition) is 2. The number of hydrogen-bond acceptors (Lipinski definition) is 4. The van der Waals surface area contributed by atoms with E-state index in [0.29, 0.717) is 11.4 Å². The topological polar surface area (TPSA) is 80.3 Å². The Bertz CT molecular complexity index is 751. The number of ether oxygens (including phenoxy) is 1. The van der Waals surface area contributed by atoms with Gasteiger partial charge < -0.3 is 15.4 Å². The van der Waals surface area contributed by atoms with Crippen molar-refractivity contribution in [2.24, 2.45) is 0 Å². The highest BCUT2D eigenvalue weighted by molar-refractivity contribution is 6.04. The lowest BCUT2D eigenvalue weighted by Crippen LogP contribution is -2.41. The molecule has 0 saturated heterocycles. The molecular formula is C18H21N3O3. The van der Waals surface area contributed by atoms with Gasteiger partial charge in [0.05, 0.1) is 7.11 Å².